The quantitative estimate of drug-likeness (QED) is 0.895. The predicted octanol–water partition coefficient (Wildman–Crippen LogP) is 3.24. The van der Waals surface area contributed by atoms with Crippen LogP contribution in [-0.4, -0.2) is 11.4 Å². The van der Waals surface area contributed by atoms with Gasteiger partial charge in [0.1, 0.15) is 11.5 Å². The van der Waals surface area contributed by atoms with Gasteiger partial charge in [0.15, 0.2) is 0 Å². The molecule has 1 heterocycles. The maximum absolute atomic E-state index is 12.2. The second-order valence-corrected chi connectivity index (χ2v) is 7.89. The summed E-state index contributed by atoms with van der Waals surface area (Å²) in [4.78, 5) is 12.2. The van der Waals surface area contributed by atoms with E-state index in [0.29, 0.717) is 12.8 Å². The van der Waals surface area contributed by atoms with E-state index < -0.39 is 0 Å². The Morgan fingerprint density at radius 1 is 1.52 bits per heavy atom. The van der Waals surface area contributed by atoms with Gasteiger partial charge in [0.25, 0.3) is 0 Å². The monoisotopic (exact) mass is 292 g/mol. The van der Waals surface area contributed by atoms with Gasteiger partial charge in [-0.25, -0.2) is 0 Å². The molecule has 1 atom stereocenters. The molecule has 3 N–H and O–H groups in total. The highest BCUT2D eigenvalue weighted by atomic mass is 16.3. The highest BCUT2D eigenvalue weighted by Crippen LogP contribution is 2.42. The van der Waals surface area contributed by atoms with E-state index in [2.05, 4.69) is 25.2 Å². The summed E-state index contributed by atoms with van der Waals surface area (Å²) < 4.78 is 5.80. The molecule has 0 aromatic carbocycles. The zero-order valence-corrected chi connectivity index (χ0v) is 13.9. The maximum Gasteiger partial charge on any atom is 0.220 e. The number of amides is 1. The topological polar surface area (TPSA) is 68.3 Å². The molecule has 1 aromatic rings. The first kappa shape index (κ1) is 16.1. The van der Waals surface area contributed by atoms with Crippen molar-refractivity contribution >= 4 is 5.91 Å². The molecule has 118 valence electrons. The first-order chi connectivity index (χ1) is 9.56. The lowest BCUT2D eigenvalue weighted by molar-refractivity contribution is -0.122. The van der Waals surface area contributed by atoms with E-state index in [1.807, 2.05) is 20.8 Å². The van der Waals surface area contributed by atoms with E-state index in [1.165, 1.54) is 0 Å². The molecule has 0 fully saturated rings. The van der Waals surface area contributed by atoms with Crippen LogP contribution in [0.1, 0.15) is 70.1 Å². The van der Waals surface area contributed by atoms with Crippen LogP contribution in [0.5, 0.6) is 0 Å². The lowest BCUT2D eigenvalue weighted by Crippen LogP contribution is -2.38. The van der Waals surface area contributed by atoms with Gasteiger partial charge in [0.05, 0.1) is 6.04 Å². The van der Waals surface area contributed by atoms with Gasteiger partial charge in [-0.05, 0) is 45.1 Å². The molecule has 0 aliphatic heterocycles. The van der Waals surface area contributed by atoms with E-state index in [0.717, 1.165) is 29.9 Å². The summed E-state index contributed by atoms with van der Waals surface area (Å²) in [7, 11) is 0. The molecular formula is C17H28N2O2. The van der Waals surface area contributed by atoms with Crippen molar-refractivity contribution in [2.75, 3.05) is 0 Å². The first-order valence-electron chi connectivity index (χ1n) is 7.73. The summed E-state index contributed by atoms with van der Waals surface area (Å²) >= 11 is 0. The molecule has 1 aliphatic carbocycles. The van der Waals surface area contributed by atoms with Gasteiger partial charge in [-0.2, -0.15) is 0 Å². The predicted molar refractivity (Wildman–Crippen MR) is 83.9 cm³/mol. The number of fused-ring (bicyclic) bond motifs is 1. The maximum atomic E-state index is 12.2. The first-order valence-corrected chi connectivity index (χ1v) is 7.73. The van der Waals surface area contributed by atoms with Crippen LogP contribution in [0.4, 0.5) is 0 Å². The van der Waals surface area contributed by atoms with Crippen molar-refractivity contribution in [3.05, 3.63) is 23.2 Å². The molecule has 1 aliphatic rings. The Labute approximate surface area is 127 Å². The fraction of sp³-hybridized carbons (Fsp3) is 0.706. The average Bonchev–Trinajstić information content (AvgIpc) is 2.64. The molecule has 0 spiro atoms. The van der Waals surface area contributed by atoms with Crippen LogP contribution in [0.25, 0.3) is 0 Å². The number of nitrogens with one attached hydrogen (secondary N) is 1. The van der Waals surface area contributed by atoms with Crippen molar-refractivity contribution in [2.45, 2.75) is 71.9 Å². The number of furan rings is 1. The van der Waals surface area contributed by atoms with E-state index in [9.17, 15) is 4.79 Å². The SMILES string of the molecule is Cc1cc2c(o1)CC(C)(C)CC2NC(=O)CCC(C)(C)N. The average molecular weight is 292 g/mol. The van der Waals surface area contributed by atoms with Gasteiger partial charge in [0.2, 0.25) is 5.91 Å². The van der Waals surface area contributed by atoms with E-state index in [-0.39, 0.29) is 22.9 Å². The summed E-state index contributed by atoms with van der Waals surface area (Å²) in [5.41, 5.74) is 6.93. The molecule has 0 saturated carbocycles. The number of carbonyl (C=O) groups is 1. The summed E-state index contributed by atoms with van der Waals surface area (Å²) in [6, 6.07) is 2.11. The van der Waals surface area contributed by atoms with Crippen LogP contribution in [0.2, 0.25) is 0 Å². The van der Waals surface area contributed by atoms with Crippen molar-refractivity contribution < 1.29 is 9.21 Å². The Kier molecular flexibility index (Phi) is 4.20. The van der Waals surface area contributed by atoms with Gasteiger partial charge in [-0.1, -0.05) is 13.8 Å². The fourth-order valence-electron chi connectivity index (χ4n) is 3.02. The highest BCUT2D eigenvalue weighted by Gasteiger charge is 2.35. The molecule has 0 saturated heterocycles. The van der Waals surface area contributed by atoms with E-state index in [4.69, 9.17) is 10.2 Å². The normalized spacial score (nSPS) is 21.0. The lowest BCUT2D eigenvalue weighted by Gasteiger charge is -2.34. The standard InChI is InChI=1S/C17H28N2O2/c1-11-8-12-13(9-16(2,3)10-14(12)21-11)19-15(20)6-7-17(4,5)18/h8,13H,6-7,9-10,18H2,1-5H3,(H,19,20). The number of nitrogens with two attached hydrogens (primary N) is 1. The molecular weight excluding hydrogens is 264 g/mol. The third kappa shape index (κ3) is 4.34. The highest BCUT2D eigenvalue weighted by molar-refractivity contribution is 5.76. The zero-order valence-electron chi connectivity index (χ0n) is 13.9. The van der Waals surface area contributed by atoms with Gasteiger partial charge < -0.3 is 15.5 Å². The smallest absolute Gasteiger partial charge is 0.220 e. The minimum absolute atomic E-state index is 0.0505. The molecule has 4 heteroatoms. The Morgan fingerprint density at radius 3 is 2.81 bits per heavy atom. The Hall–Kier alpha value is -1.29. The molecule has 1 unspecified atom stereocenters. The minimum Gasteiger partial charge on any atom is -0.466 e. The van der Waals surface area contributed by atoms with E-state index in [1.54, 1.807) is 0 Å². The zero-order chi connectivity index (χ0) is 15.8. The molecule has 2 rings (SSSR count). The summed E-state index contributed by atoms with van der Waals surface area (Å²) in [5.74, 6) is 2.01. The number of hydrogen-bond acceptors (Lipinski definition) is 3. The molecule has 4 nitrogen and oxygen atoms in total. The van der Waals surface area contributed by atoms with Gasteiger partial charge in [0, 0.05) is 23.9 Å². The van der Waals surface area contributed by atoms with Crippen molar-refractivity contribution in [3.8, 4) is 0 Å². The molecule has 1 amide bonds. The fourth-order valence-corrected chi connectivity index (χ4v) is 3.02. The number of hydrogen-bond donors (Lipinski definition) is 2. The largest absolute Gasteiger partial charge is 0.466 e. The minimum atomic E-state index is -0.305. The number of rotatable bonds is 4. The second kappa shape index (κ2) is 5.48. The molecule has 1 aromatic heterocycles. The van der Waals surface area contributed by atoms with Crippen molar-refractivity contribution in [2.24, 2.45) is 11.1 Å². The summed E-state index contributed by atoms with van der Waals surface area (Å²) in [5, 5.41) is 3.16. The van der Waals surface area contributed by atoms with Crippen LogP contribution >= 0.6 is 0 Å². The van der Waals surface area contributed by atoms with Gasteiger partial charge in [-0.3, -0.25) is 4.79 Å². The van der Waals surface area contributed by atoms with Crippen LogP contribution < -0.4 is 11.1 Å². The lowest BCUT2D eigenvalue weighted by atomic mass is 9.74. The van der Waals surface area contributed by atoms with Crippen LogP contribution in [0.15, 0.2) is 10.5 Å². The van der Waals surface area contributed by atoms with Crippen LogP contribution in [-0.2, 0) is 11.2 Å². The Morgan fingerprint density at radius 2 is 2.19 bits per heavy atom. The third-order valence-corrected chi connectivity index (χ3v) is 4.07. The Balaban J connectivity index is 2.07. The van der Waals surface area contributed by atoms with Crippen LogP contribution in [0.3, 0.4) is 0 Å². The molecule has 0 bridgehead atoms. The number of aryl methyl sites for hydroxylation is 1. The summed E-state index contributed by atoms with van der Waals surface area (Å²) in [6.45, 7) is 10.3. The van der Waals surface area contributed by atoms with Crippen molar-refractivity contribution in [1.82, 2.24) is 5.32 Å². The van der Waals surface area contributed by atoms with Gasteiger partial charge >= 0.3 is 0 Å². The second-order valence-electron chi connectivity index (χ2n) is 7.89. The third-order valence-electron chi connectivity index (χ3n) is 4.07. The van der Waals surface area contributed by atoms with Crippen molar-refractivity contribution in [3.63, 3.8) is 0 Å². The van der Waals surface area contributed by atoms with Gasteiger partial charge in [-0.15, -0.1) is 0 Å². The number of carbonyl (C=O) groups excluding carboxylic acids is 1. The molecule has 0 radical (unpaired) electrons. The Bertz CT molecular complexity index is 523. The van der Waals surface area contributed by atoms with Crippen molar-refractivity contribution in [1.29, 1.82) is 0 Å². The summed E-state index contributed by atoms with van der Waals surface area (Å²) in [6.07, 6.45) is 3.02. The van der Waals surface area contributed by atoms with E-state index >= 15 is 0 Å². The molecule has 21 heavy (non-hydrogen) atoms. The van der Waals surface area contributed by atoms with Crippen LogP contribution in [0, 0.1) is 12.3 Å².